The summed E-state index contributed by atoms with van der Waals surface area (Å²) in [5.74, 6) is 0.619. The van der Waals surface area contributed by atoms with Crippen molar-refractivity contribution in [3.63, 3.8) is 0 Å². The Hall–Kier alpha value is -1.67. The highest BCUT2D eigenvalue weighted by molar-refractivity contribution is 5.35. The van der Waals surface area contributed by atoms with E-state index in [0.717, 1.165) is 19.5 Å². The van der Waals surface area contributed by atoms with Gasteiger partial charge in [-0.05, 0) is 12.5 Å². The predicted molar refractivity (Wildman–Crippen MR) is 54.4 cm³/mol. The van der Waals surface area contributed by atoms with Gasteiger partial charge >= 0.3 is 0 Å². The molecule has 78 valence electrons. The second kappa shape index (κ2) is 4.24. The molecule has 2 rings (SSSR count). The van der Waals surface area contributed by atoms with Crippen molar-refractivity contribution in [3.05, 3.63) is 18.0 Å². The number of hydrogen-bond acceptors (Lipinski definition) is 5. The maximum absolute atomic E-state index is 8.72. The smallest absolute Gasteiger partial charge is 0.226 e. The first-order valence-electron chi connectivity index (χ1n) is 4.84. The molecule has 0 N–H and O–H groups in total. The average Bonchev–Trinajstić information content (AvgIpc) is 2.78. The third-order valence-electron chi connectivity index (χ3n) is 2.52. The van der Waals surface area contributed by atoms with Gasteiger partial charge in [-0.15, -0.1) is 0 Å². The summed E-state index contributed by atoms with van der Waals surface area (Å²) in [6.07, 6.45) is 2.84. The Morgan fingerprint density at radius 3 is 3.20 bits per heavy atom. The van der Waals surface area contributed by atoms with Crippen molar-refractivity contribution in [1.82, 2.24) is 9.97 Å². The van der Waals surface area contributed by atoms with Crippen LogP contribution in [0.15, 0.2) is 12.3 Å². The number of aromatic nitrogens is 2. The average molecular weight is 204 g/mol. The van der Waals surface area contributed by atoms with Gasteiger partial charge in [-0.2, -0.15) is 5.26 Å². The highest BCUT2D eigenvalue weighted by Crippen LogP contribution is 2.17. The van der Waals surface area contributed by atoms with Crippen LogP contribution >= 0.6 is 0 Å². The molecule has 1 aliphatic heterocycles. The Balaban J connectivity index is 2.14. The monoisotopic (exact) mass is 204 g/mol. The molecule has 0 amide bonds. The Morgan fingerprint density at radius 2 is 2.53 bits per heavy atom. The van der Waals surface area contributed by atoms with Crippen LogP contribution in [0.5, 0.6) is 0 Å². The molecule has 0 saturated carbocycles. The Morgan fingerprint density at radius 1 is 1.67 bits per heavy atom. The van der Waals surface area contributed by atoms with Gasteiger partial charge in [0.15, 0.2) is 0 Å². The van der Waals surface area contributed by atoms with Crippen LogP contribution < -0.4 is 4.90 Å². The summed E-state index contributed by atoms with van der Waals surface area (Å²) in [7, 11) is 1.71. The normalized spacial score (nSPS) is 20.3. The molecule has 1 aromatic rings. The van der Waals surface area contributed by atoms with Crippen molar-refractivity contribution in [1.29, 1.82) is 5.26 Å². The van der Waals surface area contributed by atoms with Gasteiger partial charge in [0.2, 0.25) is 5.95 Å². The summed E-state index contributed by atoms with van der Waals surface area (Å²) in [4.78, 5) is 10.3. The first-order valence-corrected chi connectivity index (χ1v) is 4.84. The van der Waals surface area contributed by atoms with Crippen LogP contribution in [-0.4, -0.2) is 36.3 Å². The molecule has 0 bridgehead atoms. The van der Waals surface area contributed by atoms with Crippen molar-refractivity contribution in [3.8, 4) is 6.07 Å². The zero-order chi connectivity index (χ0) is 10.7. The number of ether oxygens (including phenoxy) is 1. The fraction of sp³-hybridized carbons (Fsp3) is 0.500. The first-order chi connectivity index (χ1) is 7.33. The maximum atomic E-state index is 8.72. The molecule has 2 heterocycles. The molecule has 0 radical (unpaired) electrons. The fourth-order valence-electron chi connectivity index (χ4n) is 1.67. The van der Waals surface area contributed by atoms with Crippen LogP contribution in [0.1, 0.15) is 12.1 Å². The van der Waals surface area contributed by atoms with E-state index in [1.807, 2.05) is 11.0 Å². The molecule has 1 aliphatic rings. The van der Waals surface area contributed by atoms with Gasteiger partial charge in [0.05, 0.1) is 6.10 Å². The summed E-state index contributed by atoms with van der Waals surface area (Å²) >= 11 is 0. The van der Waals surface area contributed by atoms with Gasteiger partial charge < -0.3 is 9.64 Å². The molecule has 1 atom stereocenters. The van der Waals surface area contributed by atoms with E-state index in [1.165, 1.54) is 0 Å². The van der Waals surface area contributed by atoms with Gasteiger partial charge in [-0.1, -0.05) is 0 Å². The minimum Gasteiger partial charge on any atom is -0.380 e. The molecule has 5 heteroatoms. The van der Waals surface area contributed by atoms with E-state index in [1.54, 1.807) is 19.4 Å². The van der Waals surface area contributed by atoms with Crippen LogP contribution in [0.4, 0.5) is 5.95 Å². The molecule has 1 fully saturated rings. The second-order valence-electron chi connectivity index (χ2n) is 3.45. The molecule has 0 aliphatic carbocycles. The predicted octanol–water partition coefficient (Wildman–Crippen LogP) is 0.573. The fourth-order valence-corrected chi connectivity index (χ4v) is 1.67. The van der Waals surface area contributed by atoms with Gasteiger partial charge in [0.1, 0.15) is 11.8 Å². The van der Waals surface area contributed by atoms with Crippen molar-refractivity contribution in [2.75, 3.05) is 25.1 Å². The molecule has 15 heavy (non-hydrogen) atoms. The van der Waals surface area contributed by atoms with Crippen LogP contribution in [-0.2, 0) is 4.74 Å². The van der Waals surface area contributed by atoms with Gasteiger partial charge in [0, 0.05) is 26.4 Å². The molecule has 1 aromatic heterocycles. The summed E-state index contributed by atoms with van der Waals surface area (Å²) < 4.78 is 5.26. The van der Waals surface area contributed by atoms with Crippen molar-refractivity contribution >= 4 is 5.95 Å². The first kappa shape index (κ1) is 9.87. The highest BCUT2D eigenvalue weighted by atomic mass is 16.5. The van der Waals surface area contributed by atoms with Crippen molar-refractivity contribution < 1.29 is 4.74 Å². The van der Waals surface area contributed by atoms with E-state index in [2.05, 4.69) is 9.97 Å². The van der Waals surface area contributed by atoms with Crippen molar-refractivity contribution in [2.24, 2.45) is 0 Å². The maximum Gasteiger partial charge on any atom is 0.226 e. The molecule has 1 unspecified atom stereocenters. The number of nitriles is 1. The minimum atomic E-state index is 0.249. The SMILES string of the molecule is COC1CCN(c2nccc(C#N)n2)C1. The van der Waals surface area contributed by atoms with Crippen LogP contribution in [0, 0.1) is 11.3 Å². The van der Waals surface area contributed by atoms with Gasteiger partial charge in [-0.25, -0.2) is 9.97 Å². The lowest BCUT2D eigenvalue weighted by Gasteiger charge is -2.15. The second-order valence-corrected chi connectivity index (χ2v) is 3.45. The van der Waals surface area contributed by atoms with E-state index < -0.39 is 0 Å². The van der Waals surface area contributed by atoms with Gasteiger partial charge in [-0.3, -0.25) is 0 Å². The summed E-state index contributed by atoms with van der Waals surface area (Å²) in [6.45, 7) is 1.68. The largest absolute Gasteiger partial charge is 0.380 e. The zero-order valence-corrected chi connectivity index (χ0v) is 8.55. The Bertz CT molecular complexity index is 387. The molecule has 1 saturated heterocycles. The lowest BCUT2D eigenvalue weighted by atomic mass is 10.3. The highest BCUT2D eigenvalue weighted by Gasteiger charge is 2.23. The molecular formula is C10H12N4O. The topological polar surface area (TPSA) is 62.0 Å². The number of anilines is 1. The zero-order valence-electron chi connectivity index (χ0n) is 8.55. The standard InChI is InChI=1S/C10H12N4O/c1-15-9-3-5-14(7-9)10-12-4-2-8(6-11)13-10/h2,4,9H,3,5,7H2,1H3. The van der Waals surface area contributed by atoms with E-state index in [9.17, 15) is 0 Å². The molecule has 0 spiro atoms. The van der Waals surface area contributed by atoms with Crippen LogP contribution in [0.2, 0.25) is 0 Å². The van der Waals surface area contributed by atoms with Crippen LogP contribution in [0.3, 0.4) is 0 Å². The molecular weight excluding hydrogens is 192 g/mol. The third kappa shape index (κ3) is 2.05. The Kier molecular flexibility index (Phi) is 2.79. The number of nitrogens with zero attached hydrogens (tertiary/aromatic N) is 4. The van der Waals surface area contributed by atoms with E-state index in [0.29, 0.717) is 11.6 Å². The minimum absolute atomic E-state index is 0.249. The van der Waals surface area contributed by atoms with E-state index >= 15 is 0 Å². The van der Waals surface area contributed by atoms with Gasteiger partial charge in [0.25, 0.3) is 0 Å². The summed E-state index contributed by atoms with van der Waals surface area (Å²) in [5, 5.41) is 8.72. The molecule has 5 nitrogen and oxygen atoms in total. The summed E-state index contributed by atoms with van der Waals surface area (Å²) in [5.41, 5.74) is 0.404. The number of rotatable bonds is 2. The van der Waals surface area contributed by atoms with E-state index in [-0.39, 0.29) is 6.10 Å². The Labute approximate surface area is 88.3 Å². The number of hydrogen-bond donors (Lipinski definition) is 0. The molecule has 0 aromatic carbocycles. The summed E-state index contributed by atoms with van der Waals surface area (Å²) in [6, 6.07) is 3.61. The number of methoxy groups -OCH3 is 1. The third-order valence-corrected chi connectivity index (χ3v) is 2.52. The lowest BCUT2D eigenvalue weighted by Crippen LogP contribution is -2.24. The quantitative estimate of drug-likeness (QED) is 0.705. The van der Waals surface area contributed by atoms with Crippen molar-refractivity contribution in [2.45, 2.75) is 12.5 Å². The van der Waals surface area contributed by atoms with Crippen LogP contribution in [0.25, 0.3) is 0 Å². The lowest BCUT2D eigenvalue weighted by molar-refractivity contribution is 0.121. The van der Waals surface area contributed by atoms with E-state index in [4.69, 9.17) is 10.00 Å².